The third-order valence-electron chi connectivity index (χ3n) is 10.4. The van der Waals surface area contributed by atoms with E-state index in [0.29, 0.717) is 51.5 Å². The molecule has 6 rings (SSSR count). The van der Waals surface area contributed by atoms with Crippen molar-refractivity contribution in [1.29, 1.82) is 0 Å². The Bertz CT molecular complexity index is 1450. The number of phenolic OH excluding ortho intramolecular Hbond substituents is 1. The molecule has 0 aromatic heterocycles. The fourth-order valence-electron chi connectivity index (χ4n) is 7.84. The van der Waals surface area contributed by atoms with E-state index in [1.54, 1.807) is 9.80 Å². The lowest BCUT2D eigenvalue weighted by atomic mass is 9.68. The topological polar surface area (TPSA) is 106 Å². The van der Waals surface area contributed by atoms with Gasteiger partial charge in [-0.2, -0.15) is 13.2 Å². The van der Waals surface area contributed by atoms with Crippen molar-refractivity contribution in [3.8, 4) is 5.75 Å². The molecule has 9 nitrogen and oxygen atoms in total. The number of hydrogen-bond acceptors (Lipinski definition) is 7. The number of nitrogens with zero attached hydrogens (tertiary/aromatic N) is 3. The van der Waals surface area contributed by atoms with Gasteiger partial charge in [0.1, 0.15) is 11.9 Å². The molecule has 3 fully saturated rings. The first kappa shape index (κ1) is 34.0. The summed E-state index contributed by atoms with van der Waals surface area (Å²) in [6.07, 6.45) is -1.34. The molecule has 3 N–H and O–H groups in total. The van der Waals surface area contributed by atoms with Gasteiger partial charge in [0.15, 0.2) is 0 Å². The molecular weight excluding hydrogens is 637 g/mol. The summed E-state index contributed by atoms with van der Waals surface area (Å²) in [6.45, 7) is 3.82. The predicted molar refractivity (Wildman–Crippen MR) is 170 cm³/mol. The van der Waals surface area contributed by atoms with Gasteiger partial charge in [-0.1, -0.05) is 36.2 Å². The normalized spacial score (nSPS) is 22.5. The zero-order chi connectivity index (χ0) is 33.3. The number of hydrogen-bond donors (Lipinski definition) is 3. The minimum atomic E-state index is -4.86. The minimum absolute atomic E-state index is 0.0521. The van der Waals surface area contributed by atoms with Crippen molar-refractivity contribution in [1.82, 2.24) is 14.7 Å². The van der Waals surface area contributed by atoms with E-state index in [-0.39, 0.29) is 23.3 Å². The standard InChI is InChI=1S/C34H42ClF3N4O5/c35-26-19-22(18-25(30(26)44)34(36,37)38)20-28(31(45)41-14-8-23(9-15-41)40-12-4-1-5-13-40)47-32(46)42-16-10-33(11-17-42)21-29(43)39-27-7-3-2-6-24(27)33/h2-3,6-7,18-19,23,28,32,44,46H,1,4-5,8-17,20-21H2,(H,39,43)/t28-,32?/m1/s1. The van der Waals surface area contributed by atoms with Crippen molar-refractivity contribution < 1.29 is 37.7 Å². The van der Waals surface area contributed by atoms with Gasteiger partial charge in [0.25, 0.3) is 5.91 Å². The highest BCUT2D eigenvalue weighted by molar-refractivity contribution is 6.32. The second-order valence-corrected chi connectivity index (χ2v) is 13.8. The molecule has 4 heterocycles. The first-order chi connectivity index (χ1) is 22.4. The molecule has 47 heavy (non-hydrogen) atoms. The van der Waals surface area contributed by atoms with Gasteiger partial charge in [-0.25, -0.2) is 0 Å². The van der Waals surface area contributed by atoms with E-state index >= 15 is 0 Å². The van der Waals surface area contributed by atoms with E-state index in [2.05, 4.69) is 10.2 Å². The number of amides is 2. The number of benzene rings is 2. The van der Waals surface area contributed by atoms with Crippen molar-refractivity contribution in [3.63, 3.8) is 0 Å². The Morgan fingerprint density at radius 1 is 1.04 bits per heavy atom. The smallest absolute Gasteiger partial charge is 0.420 e. The van der Waals surface area contributed by atoms with Crippen molar-refractivity contribution >= 4 is 29.1 Å². The van der Waals surface area contributed by atoms with Gasteiger partial charge >= 0.3 is 6.18 Å². The summed E-state index contributed by atoms with van der Waals surface area (Å²) in [5.74, 6) is -1.55. The van der Waals surface area contributed by atoms with Crippen LogP contribution in [0.15, 0.2) is 36.4 Å². The molecule has 2 aromatic carbocycles. The molecule has 256 valence electrons. The molecule has 2 atom stereocenters. The molecular formula is C34H42ClF3N4O5. The molecule has 4 aliphatic heterocycles. The van der Waals surface area contributed by atoms with Gasteiger partial charge in [0.05, 0.1) is 10.6 Å². The molecule has 2 aromatic rings. The molecule has 0 radical (unpaired) electrons. The Morgan fingerprint density at radius 2 is 1.72 bits per heavy atom. The lowest BCUT2D eigenvalue weighted by molar-refractivity contribution is -0.226. The third-order valence-corrected chi connectivity index (χ3v) is 10.7. The largest absolute Gasteiger partial charge is 0.506 e. The molecule has 13 heteroatoms. The quantitative estimate of drug-likeness (QED) is 0.349. The second-order valence-electron chi connectivity index (χ2n) is 13.4. The maximum Gasteiger partial charge on any atom is 0.420 e. The zero-order valence-corrected chi connectivity index (χ0v) is 27.0. The monoisotopic (exact) mass is 678 g/mol. The minimum Gasteiger partial charge on any atom is -0.506 e. The average molecular weight is 679 g/mol. The van der Waals surface area contributed by atoms with Crippen LogP contribution in [-0.2, 0) is 32.3 Å². The summed E-state index contributed by atoms with van der Waals surface area (Å²) >= 11 is 5.99. The number of para-hydroxylation sites is 1. The number of carbonyl (C=O) groups excluding carboxylic acids is 2. The van der Waals surface area contributed by atoms with E-state index in [1.807, 2.05) is 24.3 Å². The lowest BCUT2D eigenvalue weighted by Crippen LogP contribution is -2.54. The van der Waals surface area contributed by atoms with Crippen molar-refractivity contribution in [2.45, 2.75) is 87.9 Å². The van der Waals surface area contributed by atoms with Gasteiger partial charge in [0.2, 0.25) is 12.3 Å². The number of aliphatic hydroxyl groups excluding tert-OH is 1. The van der Waals surface area contributed by atoms with Crippen LogP contribution in [0, 0.1) is 0 Å². The van der Waals surface area contributed by atoms with Crippen LogP contribution in [0.1, 0.15) is 68.1 Å². The van der Waals surface area contributed by atoms with Crippen molar-refractivity contribution in [2.75, 3.05) is 44.6 Å². The highest BCUT2D eigenvalue weighted by Crippen LogP contribution is 2.45. The fraction of sp³-hybridized carbons (Fsp3) is 0.588. The van der Waals surface area contributed by atoms with Crippen LogP contribution in [0.25, 0.3) is 0 Å². The number of halogens is 4. The first-order valence-electron chi connectivity index (χ1n) is 16.5. The number of likely N-dealkylation sites (tertiary alicyclic amines) is 3. The number of aliphatic hydroxyl groups is 1. The Kier molecular flexibility index (Phi) is 10.1. The number of rotatable bonds is 7. The van der Waals surface area contributed by atoms with Crippen LogP contribution in [0.4, 0.5) is 18.9 Å². The molecule has 1 unspecified atom stereocenters. The van der Waals surface area contributed by atoms with Crippen LogP contribution >= 0.6 is 11.6 Å². The molecule has 0 bridgehead atoms. The third kappa shape index (κ3) is 7.41. The number of piperidine rings is 3. The number of phenols is 1. The number of aromatic hydroxyl groups is 1. The van der Waals surface area contributed by atoms with Gasteiger partial charge in [-0.05, 0) is 80.9 Å². The predicted octanol–water partition coefficient (Wildman–Crippen LogP) is 5.12. The Hall–Kier alpha value is -2.90. The number of alkyl halides is 3. The van der Waals surface area contributed by atoms with Gasteiger partial charge in [-0.3, -0.25) is 14.5 Å². The van der Waals surface area contributed by atoms with E-state index in [9.17, 15) is 33.0 Å². The average Bonchev–Trinajstić information content (AvgIpc) is 3.06. The zero-order valence-electron chi connectivity index (χ0n) is 26.3. The summed E-state index contributed by atoms with van der Waals surface area (Å²) < 4.78 is 47.1. The summed E-state index contributed by atoms with van der Waals surface area (Å²) in [7, 11) is 0. The van der Waals surface area contributed by atoms with E-state index in [1.165, 1.54) is 25.3 Å². The van der Waals surface area contributed by atoms with Gasteiger partial charge < -0.3 is 30.1 Å². The Balaban J connectivity index is 1.17. The number of carbonyl (C=O) groups is 2. The number of nitrogens with one attached hydrogen (secondary N) is 1. The van der Waals surface area contributed by atoms with E-state index in [0.717, 1.165) is 43.2 Å². The van der Waals surface area contributed by atoms with E-state index < -0.39 is 40.9 Å². The van der Waals surface area contributed by atoms with Crippen LogP contribution in [-0.4, -0.2) is 94.6 Å². The molecule has 0 saturated carbocycles. The maximum atomic E-state index is 14.0. The van der Waals surface area contributed by atoms with Crippen molar-refractivity contribution in [3.05, 3.63) is 58.1 Å². The molecule has 2 amide bonds. The Morgan fingerprint density at radius 3 is 2.40 bits per heavy atom. The number of ether oxygens (including phenoxy) is 1. The Labute approximate surface area is 277 Å². The second kappa shape index (κ2) is 13.9. The highest BCUT2D eigenvalue weighted by Gasteiger charge is 2.44. The van der Waals surface area contributed by atoms with Gasteiger partial charge in [0, 0.05) is 56.2 Å². The highest BCUT2D eigenvalue weighted by atomic mass is 35.5. The molecule has 0 aliphatic carbocycles. The van der Waals surface area contributed by atoms with Crippen LogP contribution in [0.5, 0.6) is 5.75 Å². The summed E-state index contributed by atoms with van der Waals surface area (Å²) in [4.78, 5) is 32.4. The maximum absolute atomic E-state index is 14.0. The van der Waals surface area contributed by atoms with Crippen LogP contribution in [0.2, 0.25) is 5.02 Å². The lowest BCUT2D eigenvalue weighted by Gasteiger charge is -2.46. The first-order valence-corrected chi connectivity index (χ1v) is 16.9. The fourth-order valence-corrected chi connectivity index (χ4v) is 8.08. The SMILES string of the molecule is O=C1CC2(CCN(C(O)O[C@H](Cc3cc(Cl)c(O)c(C(F)(F)F)c3)C(=O)N3CCC(N4CCCCC4)CC3)CC2)c2ccccc2N1. The molecule has 4 aliphatic rings. The van der Waals surface area contributed by atoms with E-state index in [4.69, 9.17) is 16.3 Å². The number of anilines is 1. The summed E-state index contributed by atoms with van der Waals surface area (Å²) in [6, 6.07) is 10.0. The summed E-state index contributed by atoms with van der Waals surface area (Å²) in [5.41, 5.74) is 0.207. The summed E-state index contributed by atoms with van der Waals surface area (Å²) in [5, 5.41) is 23.7. The molecule has 1 spiro atoms. The number of fused-ring (bicyclic) bond motifs is 2. The van der Waals surface area contributed by atoms with Crippen LogP contribution in [0.3, 0.4) is 0 Å². The van der Waals surface area contributed by atoms with Gasteiger partial charge in [-0.15, -0.1) is 0 Å². The van der Waals surface area contributed by atoms with Crippen LogP contribution < -0.4 is 5.32 Å². The molecule has 3 saturated heterocycles. The van der Waals surface area contributed by atoms with Crippen molar-refractivity contribution in [2.24, 2.45) is 0 Å².